The van der Waals surface area contributed by atoms with Crippen LogP contribution in [0.1, 0.15) is 25.0 Å². The fraction of sp³-hybridized carbons (Fsp3) is 0.455. The average Bonchev–Trinajstić information content (AvgIpc) is 2.36. The lowest BCUT2D eigenvalue weighted by Crippen LogP contribution is -2.24. The van der Waals surface area contributed by atoms with E-state index >= 15 is 0 Å². The number of hydrogen-bond donors (Lipinski definition) is 1. The Morgan fingerprint density at radius 1 is 1.50 bits per heavy atom. The smallest absolute Gasteiger partial charge is 0.124 e. The van der Waals surface area contributed by atoms with Gasteiger partial charge in [-0.2, -0.15) is 0 Å². The van der Waals surface area contributed by atoms with Gasteiger partial charge >= 0.3 is 0 Å². The number of benzene rings is 1. The minimum absolute atomic E-state index is 0.0213. The van der Waals surface area contributed by atoms with Crippen LogP contribution in [0.15, 0.2) is 12.1 Å². The Bertz CT molecular complexity index is 372. The summed E-state index contributed by atoms with van der Waals surface area (Å²) in [5, 5.41) is 9.63. The molecule has 14 heavy (non-hydrogen) atoms. The van der Waals surface area contributed by atoms with Crippen molar-refractivity contribution < 1.29 is 9.84 Å². The number of halogens is 1. The summed E-state index contributed by atoms with van der Waals surface area (Å²) in [4.78, 5) is 0. The molecule has 1 aromatic rings. The molecule has 1 aromatic carbocycles. The minimum Gasteiger partial charge on any atom is -0.487 e. The highest BCUT2D eigenvalue weighted by Crippen LogP contribution is 2.38. The molecule has 3 heteroatoms. The Balaban J connectivity index is 2.44. The summed E-state index contributed by atoms with van der Waals surface area (Å²) in [6.07, 6.45) is 0.868. The fourth-order valence-corrected chi connectivity index (χ4v) is 2.01. The number of aliphatic hydroxyl groups excluding tert-OH is 1. The number of fused-ring (bicyclic) bond motifs is 1. The van der Waals surface area contributed by atoms with Gasteiger partial charge in [0.05, 0.1) is 6.61 Å². The molecule has 0 radical (unpaired) electrons. The van der Waals surface area contributed by atoms with E-state index in [-0.39, 0.29) is 12.2 Å². The topological polar surface area (TPSA) is 29.5 Å². The van der Waals surface area contributed by atoms with Crippen molar-refractivity contribution in [3.63, 3.8) is 0 Å². The van der Waals surface area contributed by atoms with Crippen molar-refractivity contribution in [2.45, 2.75) is 32.5 Å². The molecule has 2 rings (SSSR count). The SMILES string of the molecule is CC1(C)Cc2cc(CO)c(Cl)cc2O1. The maximum absolute atomic E-state index is 9.05. The van der Waals surface area contributed by atoms with E-state index < -0.39 is 0 Å². The molecule has 0 saturated carbocycles. The maximum Gasteiger partial charge on any atom is 0.124 e. The van der Waals surface area contributed by atoms with Crippen LogP contribution in [-0.2, 0) is 13.0 Å². The summed E-state index contributed by atoms with van der Waals surface area (Å²) in [5.74, 6) is 0.845. The molecular weight excluding hydrogens is 200 g/mol. The van der Waals surface area contributed by atoms with Gasteiger partial charge in [-0.25, -0.2) is 0 Å². The van der Waals surface area contributed by atoms with Crippen molar-refractivity contribution >= 4 is 11.6 Å². The molecule has 1 N–H and O–H groups in total. The van der Waals surface area contributed by atoms with Crippen molar-refractivity contribution in [1.82, 2.24) is 0 Å². The van der Waals surface area contributed by atoms with Gasteiger partial charge < -0.3 is 9.84 Å². The second kappa shape index (κ2) is 3.14. The van der Waals surface area contributed by atoms with Crippen LogP contribution >= 0.6 is 11.6 Å². The Labute approximate surface area is 88.5 Å². The molecule has 1 heterocycles. The number of hydrogen-bond acceptors (Lipinski definition) is 2. The first kappa shape index (κ1) is 9.81. The molecule has 76 valence electrons. The van der Waals surface area contributed by atoms with Crippen molar-refractivity contribution in [3.8, 4) is 5.75 Å². The summed E-state index contributed by atoms with van der Waals surface area (Å²) in [7, 11) is 0. The number of ether oxygens (including phenoxy) is 1. The zero-order chi connectivity index (χ0) is 10.3. The monoisotopic (exact) mass is 212 g/mol. The summed E-state index contributed by atoms with van der Waals surface area (Å²) < 4.78 is 5.71. The molecule has 0 unspecified atom stereocenters. The Morgan fingerprint density at radius 2 is 2.21 bits per heavy atom. The maximum atomic E-state index is 9.05. The van der Waals surface area contributed by atoms with E-state index in [4.69, 9.17) is 21.4 Å². The first-order valence-corrected chi connectivity index (χ1v) is 5.01. The molecule has 0 atom stereocenters. The molecule has 0 bridgehead atoms. The predicted molar refractivity (Wildman–Crippen MR) is 55.8 cm³/mol. The van der Waals surface area contributed by atoms with E-state index in [1.807, 2.05) is 19.9 Å². The minimum atomic E-state index is -0.153. The normalized spacial score (nSPS) is 17.7. The first-order chi connectivity index (χ1) is 6.52. The molecule has 0 spiro atoms. The van der Waals surface area contributed by atoms with E-state index in [9.17, 15) is 0 Å². The van der Waals surface area contributed by atoms with Crippen molar-refractivity contribution in [1.29, 1.82) is 0 Å². The van der Waals surface area contributed by atoms with Crippen LogP contribution in [0.3, 0.4) is 0 Å². The van der Waals surface area contributed by atoms with Crippen molar-refractivity contribution in [2.75, 3.05) is 0 Å². The molecule has 0 saturated heterocycles. The molecule has 2 nitrogen and oxygen atoms in total. The lowest BCUT2D eigenvalue weighted by Gasteiger charge is -2.16. The molecule has 0 aromatic heterocycles. The van der Waals surface area contributed by atoms with Crippen LogP contribution < -0.4 is 4.74 Å². The van der Waals surface area contributed by atoms with E-state index in [0.717, 1.165) is 23.3 Å². The molecule has 0 fully saturated rings. The largest absolute Gasteiger partial charge is 0.487 e. The van der Waals surface area contributed by atoms with E-state index in [1.165, 1.54) is 0 Å². The molecule has 0 aliphatic carbocycles. The van der Waals surface area contributed by atoms with Crippen LogP contribution in [0.5, 0.6) is 5.75 Å². The summed E-state index contributed by atoms with van der Waals surface area (Å²) >= 11 is 5.96. The van der Waals surface area contributed by atoms with Gasteiger partial charge in [-0.05, 0) is 37.1 Å². The summed E-state index contributed by atoms with van der Waals surface area (Å²) in [6, 6.07) is 3.71. The molecule has 0 amide bonds. The fourth-order valence-electron chi connectivity index (χ4n) is 1.80. The predicted octanol–water partition coefficient (Wildman–Crippen LogP) is 2.55. The first-order valence-electron chi connectivity index (χ1n) is 4.63. The Morgan fingerprint density at radius 3 is 2.86 bits per heavy atom. The quantitative estimate of drug-likeness (QED) is 0.775. The van der Waals surface area contributed by atoms with E-state index in [0.29, 0.717) is 5.02 Å². The van der Waals surface area contributed by atoms with Gasteiger partial charge in [0.15, 0.2) is 0 Å². The molecular formula is C11H13ClO2. The number of aliphatic hydroxyl groups is 1. The second-order valence-electron chi connectivity index (χ2n) is 4.25. The lowest BCUT2D eigenvalue weighted by molar-refractivity contribution is 0.138. The zero-order valence-corrected chi connectivity index (χ0v) is 9.06. The number of rotatable bonds is 1. The van der Waals surface area contributed by atoms with Crippen LogP contribution in [0, 0.1) is 0 Å². The summed E-state index contributed by atoms with van der Waals surface area (Å²) in [6.45, 7) is 4.06. The summed E-state index contributed by atoms with van der Waals surface area (Å²) in [5.41, 5.74) is 1.75. The Hall–Kier alpha value is -0.730. The van der Waals surface area contributed by atoms with Gasteiger partial charge in [0.1, 0.15) is 11.4 Å². The zero-order valence-electron chi connectivity index (χ0n) is 8.30. The average molecular weight is 213 g/mol. The highest BCUT2D eigenvalue weighted by Gasteiger charge is 2.30. The van der Waals surface area contributed by atoms with Gasteiger partial charge in [0, 0.05) is 11.4 Å². The van der Waals surface area contributed by atoms with Gasteiger partial charge in [-0.3, -0.25) is 0 Å². The van der Waals surface area contributed by atoms with Gasteiger partial charge in [0.25, 0.3) is 0 Å². The van der Waals surface area contributed by atoms with Crippen molar-refractivity contribution in [2.24, 2.45) is 0 Å². The van der Waals surface area contributed by atoms with Crippen LogP contribution in [0.2, 0.25) is 5.02 Å². The van der Waals surface area contributed by atoms with Gasteiger partial charge in [-0.15, -0.1) is 0 Å². The third kappa shape index (κ3) is 1.60. The third-order valence-electron chi connectivity index (χ3n) is 2.40. The molecule has 1 aliphatic heterocycles. The highest BCUT2D eigenvalue weighted by atomic mass is 35.5. The van der Waals surface area contributed by atoms with E-state index in [2.05, 4.69) is 0 Å². The standard InChI is InChI=1S/C11H13ClO2/c1-11(2)5-7-3-8(6-13)9(12)4-10(7)14-11/h3-4,13H,5-6H2,1-2H3. The van der Waals surface area contributed by atoms with Crippen LogP contribution in [-0.4, -0.2) is 10.7 Å². The Kier molecular flexibility index (Phi) is 2.20. The lowest BCUT2D eigenvalue weighted by atomic mass is 10.0. The van der Waals surface area contributed by atoms with Crippen LogP contribution in [0.25, 0.3) is 0 Å². The molecule has 1 aliphatic rings. The van der Waals surface area contributed by atoms with Gasteiger partial charge in [0.2, 0.25) is 0 Å². The van der Waals surface area contributed by atoms with Crippen LogP contribution in [0.4, 0.5) is 0 Å². The van der Waals surface area contributed by atoms with E-state index in [1.54, 1.807) is 6.07 Å². The van der Waals surface area contributed by atoms with Crippen molar-refractivity contribution in [3.05, 3.63) is 28.3 Å². The second-order valence-corrected chi connectivity index (χ2v) is 4.66. The highest BCUT2D eigenvalue weighted by molar-refractivity contribution is 6.31. The van der Waals surface area contributed by atoms with Gasteiger partial charge in [-0.1, -0.05) is 11.6 Å². The third-order valence-corrected chi connectivity index (χ3v) is 2.75.